The number of carbonyl (C=O) groups excluding carboxylic acids is 1. The van der Waals surface area contributed by atoms with Gasteiger partial charge in [0.15, 0.2) is 17.6 Å². The molecule has 4 nitrogen and oxygen atoms in total. The van der Waals surface area contributed by atoms with Crippen LogP contribution in [0.15, 0.2) is 54.6 Å². The number of benzene rings is 2. The number of nitrogens with one attached hydrogen (secondary N) is 1. The van der Waals surface area contributed by atoms with Crippen molar-refractivity contribution in [2.75, 3.05) is 4.90 Å². The molecule has 1 aromatic heterocycles. The number of hydrogen-bond donors (Lipinski definition) is 1. The van der Waals surface area contributed by atoms with Crippen molar-refractivity contribution in [1.82, 2.24) is 4.98 Å². The molecule has 1 N–H and O–H groups in total. The zero-order chi connectivity index (χ0) is 17.8. The van der Waals surface area contributed by atoms with Gasteiger partial charge in [0.05, 0.1) is 0 Å². The molecule has 3 aromatic rings. The molecule has 0 aliphatic carbocycles. The Kier molecular flexibility index (Phi) is 5.17. The summed E-state index contributed by atoms with van der Waals surface area (Å²) in [5.74, 6) is 1.21. The predicted molar refractivity (Wildman–Crippen MR) is 102 cm³/mol. The van der Waals surface area contributed by atoms with Crippen LogP contribution in [0.5, 0.6) is 0 Å². The quantitative estimate of drug-likeness (QED) is 0.683. The molecule has 130 valence electrons. The SMILES string of the molecule is CCCc1[nH]c2ccccc2[n+]1CC(=O)N(c1ccccc1)C(C)C. The van der Waals surface area contributed by atoms with Gasteiger partial charge in [0.25, 0.3) is 11.7 Å². The van der Waals surface area contributed by atoms with Gasteiger partial charge in [-0.15, -0.1) is 0 Å². The molecule has 25 heavy (non-hydrogen) atoms. The van der Waals surface area contributed by atoms with Gasteiger partial charge in [0.1, 0.15) is 0 Å². The number of H-pyrrole nitrogens is 1. The fourth-order valence-corrected chi connectivity index (χ4v) is 3.33. The molecule has 2 aromatic carbocycles. The number of carbonyl (C=O) groups is 1. The number of aromatic amines is 1. The number of fused-ring (bicyclic) bond motifs is 1. The van der Waals surface area contributed by atoms with Crippen molar-refractivity contribution in [3.05, 3.63) is 60.4 Å². The molecule has 0 unspecified atom stereocenters. The maximum absolute atomic E-state index is 13.1. The molecule has 0 radical (unpaired) electrons. The number of aryl methyl sites for hydroxylation is 1. The van der Waals surface area contributed by atoms with Crippen molar-refractivity contribution < 1.29 is 9.36 Å². The van der Waals surface area contributed by atoms with E-state index in [1.54, 1.807) is 0 Å². The van der Waals surface area contributed by atoms with E-state index >= 15 is 0 Å². The van der Waals surface area contributed by atoms with Crippen LogP contribution in [-0.4, -0.2) is 16.9 Å². The van der Waals surface area contributed by atoms with Crippen LogP contribution in [-0.2, 0) is 17.8 Å². The van der Waals surface area contributed by atoms with Gasteiger partial charge in [0.2, 0.25) is 0 Å². The second kappa shape index (κ2) is 7.51. The Morgan fingerprint density at radius 1 is 1.08 bits per heavy atom. The van der Waals surface area contributed by atoms with Crippen LogP contribution in [0.3, 0.4) is 0 Å². The van der Waals surface area contributed by atoms with E-state index in [4.69, 9.17) is 0 Å². The largest absolute Gasteiger partial charge is 0.307 e. The summed E-state index contributed by atoms with van der Waals surface area (Å²) in [4.78, 5) is 18.5. The lowest BCUT2D eigenvalue weighted by atomic mass is 10.2. The first-order chi connectivity index (χ1) is 12.1. The van der Waals surface area contributed by atoms with E-state index < -0.39 is 0 Å². The van der Waals surface area contributed by atoms with Gasteiger partial charge >= 0.3 is 0 Å². The summed E-state index contributed by atoms with van der Waals surface area (Å²) in [6.07, 6.45) is 1.96. The highest BCUT2D eigenvalue weighted by Gasteiger charge is 2.25. The molecule has 0 aliphatic rings. The zero-order valence-corrected chi connectivity index (χ0v) is 15.2. The summed E-state index contributed by atoms with van der Waals surface area (Å²) in [6.45, 7) is 6.60. The van der Waals surface area contributed by atoms with Gasteiger partial charge in [-0.2, -0.15) is 0 Å². The number of para-hydroxylation sites is 3. The van der Waals surface area contributed by atoms with Crippen LogP contribution in [0.25, 0.3) is 11.0 Å². The van der Waals surface area contributed by atoms with Crippen molar-refractivity contribution in [2.45, 2.75) is 46.2 Å². The smallest absolute Gasteiger partial charge is 0.269 e. The Labute approximate surface area is 149 Å². The Bertz CT molecular complexity index is 852. The summed E-state index contributed by atoms with van der Waals surface area (Å²) >= 11 is 0. The minimum absolute atomic E-state index is 0.105. The lowest BCUT2D eigenvalue weighted by molar-refractivity contribution is -0.666. The highest BCUT2D eigenvalue weighted by atomic mass is 16.2. The molecule has 0 aliphatic heterocycles. The predicted octanol–water partition coefficient (Wildman–Crippen LogP) is 3.85. The fourth-order valence-electron chi connectivity index (χ4n) is 3.33. The molecule has 0 saturated carbocycles. The van der Waals surface area contributed by atoms with Crippen molar-refractivity contribution in [2.24, 2.45) is 0 Å². The number of amides is 1. The van der Waals surface area contributed by atoms with Crippen LogP contribution >= 0.6 is 0 Å². The molecule has 0 atom stereocenters. The number of anilines is 1. The molecule has 0 fully saturated rings. The Balaban J connectivity index is 1.96. The third kappa shape index (κ3) is 3.58. The number of imidazole rings is 1. The summed E-state index contributed by atoms with van der Waals surface area (Å²) in [7, 11) is 0. The van der Waals surface area contributed by atoms with E-state index in [0.29, 0.717) is 6.54 Å². The second-order valence-electron chi connectivity index (χ2n) is 6.62. The number of rotatable bonds is 6. The molecule has 0 spiro atoms. The van der Waals surface area contributed by atoms with Crippen molar-refractivity contribution in [3.63, 3.8) is 0 Å². The van der Waals surface area contributed by atoms with E-state index in [1.807, 2.05) is 47.4 Å². The summed E-state index contributed by atoms with van der Waals surface area (Å²) in [5.41, 5.74) is 3.10. The highest BCUT2D eigenvalue weighted by molar-refractivity contribution is 5.93. The molecular weight excluding hydrogens is 310 g/mol. The molecule has 4 heteroatoms. The lowest BCUT2D eigenvalue weighted by Crippen LogP contribution is -2.48. The number of aromatic nitrogens is 2. The number of nitrogens with zero attached hydrogens (tertiary/aromatic N) is 2. The fraction of sp³-hybridized carbons (Fsp3) is 0.333. The van der Waals surface area contributed by atoms with Gasteiger partial charge in [0, 0.05) is 18.2 Å². The highest BCUT2D eigenvalue weighted by Crippen LogP contribution is 2.17. The third-order valence-corrected chi connectivity index (χ3v) is 4.40. The molecule has 0 bridgehead atoms. The second-order valence-corrected chi connectivity index (χ2v) is 6.62. The van der Waals surface area contributed by atoms with Crippen molar-refractivity contribution >= 4 is 22.6 Å². The molecule has 0 saturated heterocycles. The van der Waals surface area contributed by atoms with Gasteiger partial charge < -0.3 is 4.90 Å². The van der Waals surface area contributed by atoms with E-state index in [0.717, 1.165) is 35.4 Å². The van der Waals surface area contributed by atoms with Crippen LogP contribution in [0.1, 0.15) is 33.0 Å². The molecule has 1 amide bonds. The minimum Gasteiger partial charge on any atom is -0.307 e. The van der Waals surface area contributed by atoms with Gasteiger partial charge in [-0.05, 0) is 44.5 Å². The van der Waals surface area contributed by atoms with Gasteiger partial charge in [-0.3, -0.25) is 4.79 Å². The lowest BCUT2D eigenvalue weighted by Gasteiger charge is -2.26. The molecular formula is C21H26N3O+. The first kappa shape index (κ1) is 17.2. The van der Waals surface area contributed by atoms with Gasteiger partial charge in [-0.1, -0.05) is 37.3 Å². The minimum atomic E-state index is 0.105. The maximum atomic E-state index is 13.1. The van der Waals surface area contributed by atoms with Crippen molar-refractivity contribution in [3.8, 4) is 0 Å². The monoisotopic (exact) mass is 336 g/mol. The Hall–Kier alpha value is -2.62. The first-order valence-corrected chi connectivity index (χ1v) is 8.98. The van der Waals surface area contributed by atoms with Gasteiger partial charge in [-0.25, -0.2) is 9.55 Å². The van der Waals surface area contributed by atoms with Crippen LogP contribution in [0, 0.1) is 0 Å². The number of hydrogen-bond acceptors (Lipinski definition) is 1. The summed E-state index contributed by atoms with van der Waals surface area (Å²) in [6, 6.07) is 18.2. The van der Waals surface area contributed by atoms with E-state index in [2.05, 4.69) is 42.5 Å². The summed E-state index contributed by atoms with van der Waals surface area (Å²) in [5, 5.41) is 0. The molecule has 3 rings (SSSR count). The normalized spacial score (nSPS) is 11.2. The third-order valence-electron chi connectivity index (χ3n) is 4.40. The average molecular weight is 336 g/mol. The Morgan fingerprint density at radius 3 is 2.44 bits per heavy atom. The maximum Gasteiger partial charge on any atom is 0.269 e. The van der Waals surface area contributed by atoms with Crippen LogP contribution < -0.4 is 9.47 Å². The standard InChI is InChI=1S/C21H25N3O/c1-4-10-20-22-18-13-8-9-14-19(18)23(20)15-21(25)24(16(2)3)17-11-6-5-7-12-17/h5-9,11-14,16H,4,10,15H2,1-3H3/p+1. The molecule has 1 heterocycles. The van der Waals surface area contributed by atoms with E-state index in [1.165, 1.54) is 0 Å². The van der Waals surface area contributed by atoms with E-state index in [9.17, 15) is 4.79 Å². The summed E-state index contributed by atoms with van der Waals surface area (Å²) < 4.78 is 2.12. The Morgan fingerprint density at radius 2 is 1.76 bits per heavy atom. The van der Waals surface area contributed by atoms with Crippen molar-refractivity contribution in [1.29, 1.82) is 0 Å². The first-order valence-electron chi connectivity index (χ1n) is 8.98. The topological polar surface area (TPSA) is 40.0 Å². The van der Waals surface area contributed by atoms with Crippen LogP contribution in [0.4, 0.5) is 5.69 Å². The average Bonchev–Trinajstić information content (AvgIpc) is 2.94. The zero-order valence-electron chi connectivity index (χ0n) is 15.2. The van der Waals surface area contributed by atoms with E-state index in [-0.39, 0.29) is 11.9 Å². The van der Waals surface area contributed by atoms with Crippen LogP contribution in [0.2, 0.25) is 0 Å².